The standard InChI is InChI=1S/C15H17NO3S2/c1-16(9-12-7-14(15(17)18)20-10-12)8-11-3-5-13(6-4-11)21(2)19/h3-7,10H,8-9H2,1-2H3,(H,17,18). The second-order valence-electron chi connectivity index (χ2n) is 4.89. The minimum Gasteiger partial charge on any atom is -0.477 e. The van der Waals surface area contributed by atoms with Crippen LogP contribution in [0.3, 0.4) is 0 Å². The number of carboxylic acid groups (broad SMARTS) is 1. The Morgan fingerprint density at radius 1 is 1.24 bits per heavy atom. The van der Waals surface area contributed by atoms with Crippen LogP contribution >= 0.6 is 11.3 Å². The van der Waals surface area contributed by atoms with E-state index in [-0.39, 0.29) is 0 Å². The highest BCUT2D eigenvalue weighted by Gasteiger charge is 2.09. The van der Waals surface area contributed by atoms with Gasteiger partial charge in [-0.3, -0.25) is 9.11 Å². The second-order valence-corrected chi connectivity index (χ2v) is 7.19. The van der Waals surface area contributed by atoms with Crippen molar-refractivity contribution < 1.29 is 14.1 Å². The first kappa shape index (κ1) is 15.9. The smallest absolute Gasteiger partial charge is 0.345 e. The van der Waals surface area contributed by atoms with Gasteiger partial charge >= 0.3 is 5.97 Å². The summed E-state index contributed by atoms with van der Waals surface area (Å²) < 4.78 is 11.3. The topological polar surface area (TPSA) is 57.6 Å². The third-order valence-electron chi connectivity index (χ3n) is 3.02. The SMILES string of the molecule is CN(Cc1ccc(S(C)=O)cc1)Cc1csc(C(=O)O)c1. The van der Waals surface area contributed by atoms with E-state index in [0.717, 1.165) is 22.6 Å². The van der Waals surface area contributed by atoms with Crippen LogP contribution in [0.2, 0.25) is 0 Å². The Bertz CT molecular complexity index is 649. The zero-order valence-electron chi connectivity index (χ0n) is 11.9. The Morgan fingerprint density at radius 3 is 2.38 bits per heavy atom. The van der Waals surface area contributed by atoms with Crippen molar-refractivity contribution >= 4 is 28.1 Å². The normalized spacial score (nSPS) is 12.5. The molecule has 0 amide bonds. The van der Waals surface area contributed by atoms with Crippen molar-refractivity contribution in [3.05, 3.63) is 51.7 Å². The molecule has 1 heterocycles. The number of rotatable bonds is 6. The van der Waals surface area contributed by atoms with Gasteiger partial charge in [0, 0.05) is 35.0 Å². The van der Waals surface area contributed by atoms with Crippen molar-refractivity contribution in [2.24, 2.45) is 0 Å². The lowest BCUT2D eigenvalue weighted by molar-refractivity contribution is 0.0702. The fourth-order valence-electron chi connectivity index (χ4n) is 2.04. The van der Waals surface area contributed by atoms with Crippen molar-refractivity contribution in [3.63, 3.8) is 0 Å². The summed E-state index contributed by atoms with van der Waals surface area (Å²) in [6, 6.07) is 9.43. The molecule has 0 aliphatic heterocycles. The molecule has 2 rings (SSSR count). The maximum Gasteiger partial charge on any atom is 0.345 e. The van der Waals surface area contributed by atoms with Crippen LogP contribution in [0.4, 0.5) is 0 Å². The average Bonchev–Trinajstić information content (AvgIpc) is 2.87. The minimum absolute atomic E-state index is 0.369. The highest BCUT2D eigenvalue weighted by atomic mass is 32.2. The summed E-state index contributed by atoms with van der Waals surface area (Å²) in [4.78, 5) is 14.2. The number of nitrogens with zero attached hydrogens (tertiary/aromatic N) is 1. The molecular formula is C15H17NO3S2. The van der Waals surface area contributed by atoms with Gasteiger partial charge in [-0.05, 0) is 41.8 Å². The van der Waals surface area contributed by atoms with Crippen molar-refractivity contribution in [1.29, 1.82) is 0 Å². The van der Waals surface area contributed by atoms with E-state index in [1.54, 1.807) is 12.3 Å². The lowest BCUT2D eigenvalue weighted by Gasteiger charge is -2.16. The van der Waals surface area contributed by atoms with E-state index in [1.165, 1.54) is 11.3 Å². The molecule has 1 atom stereocenters. The first-order chi connectivity index (χ1) is 9.95. The maximum atomic E-state index is 11.3. The fourth-order valence-corrected chi connectivity index (χ4v) is 3.30. The highest BCUT2D eigenvalue weighted by Crippen LogP contribution is 2.17. The molecule has 1 aromatic carbocycles. The summed E-state index contributed by atoms with van der Waals surface area (Å²) in [5, 5.41) is 10.8. The van der Waals surface area contributed by atoms with E-state index in [4.69, 9.17) is 5.11 Å². The molecular weight excluding hydrogens is 306 g/mol. The second kappa shape index (κ2) is 6.98. The number of thiophene rings is 1. The number of hydrogen-bond donors (Lipinski definition) is 1. The molecule has 0 aliphatic carbocycles. The van der Waals surface area contributed by atoms with Crippen LogP contribution in [0.25, 0.3) is 0 Å². The summed E-state index contributed by atoms with van der Waals surface area (Å²) in [6.07, 6.45) is 1.66. The van der Waals surface area contributed by atoms with E-state index in [9.17, 15) is 9.00 Å². The molecule has 1 aromatic heterocycles. The Balaban J connectivity index is 1.95. The number of aromatic carboxylic acids is 1. The minimum atomic E-state index is -0.951. The van der Waals surface area contributed by atoms with Crippen LogP contribution in [-0.4, -0.2) is 33.5 Å². The zero-order valence-corrected chi connectivity index (χ0v) is 13.5. The quantitative estimate of drug-likeness (QED) is 0.888. The predicted octanol–water partition coefficient (Wildman–Crippen LogP) is 2.82. The van der Waals surface area contributed by atoms with Crippen molar-refractivity contribution in [3.8, 4) is 0 Å². The van der Waals surface area contributed by atoms with Crippen LogP contribution in [0.15, 0.2) is 40.6 Å². The number of carbonyl (C=O) groups is 1. The molecule has 0 bridgehead atoms. The van der Waals surface area contributed by atoms with Crippen LogP contribution in [0.1, 0.15) is 20.8 Å². The van der Waals surface area contributed by atoms with Gasteiger partial charge in [0.2, 0.25) is 0 Å². The Morgan fingerprint density at radius 2 is 1.86 bits per heavy atom. The third kappa shape index (κ3) is 4.49. The Hall–Kier alpha value is -1.50. The molecule has 0 saturated carbocycles. The largest absolute Gasteiger partial charge is 0.477 e. The van der Waals surface area contributed by atoms with Gasteiger partial charge < -0.3 is 5.11 Å². The molecule has 0 aliphatic rings. The molecule has 0 fully saturated rings. The highest BCUT2D eigenvalue weighted by molar-refractivity contribution is 7.84. The zero-order chi connectivity index (χ0) is 15.4. The van der Waals surface area contributed by atoms with Crippen LogP contribution in [0.5, 0.6) is 0 Å². The number of benzene rings is 1. The molecule has 112 valence electrons. The van der Waals surface area contributed by atoms with E-state index < -0.39 is 16.8 Å². The van der Waals surface area contributed by atoms with Gasteiger partial charge in [0.25, 0.3) is 0 Å². The van der Waals surface area contributed by atoms with Gasteiger partial charge in [0.1, 0.15) is 4.88 Å². The molecule has 21 heavy (non-hydrogen) atoms. The average molecular weight is 323 g/mol. The summed E-state index contributed by atoms with van der Waals surface area (Å²) in [5.41, 5.74) is 2.14. The van der Waals surface area contributed by atoms with Crippen LogP contribution in [-0.2, 0) is 23.9 Å². The predicted molar refractivity (Wildman–Crippen MR) is 85.2 cm³/mol. The van der Waals surface area contributed by atoms with Crippen molar-refractivity contribution in [1.82, 2.24) is 4.90 Å². The van der Waals surface area contributed by atoms with E-state index in [0.29, 0.717) is 11.4 Å². The molecule has 1 N–H and O–H groups in total. The third-order valence-corrected chi connectivity index (χ3v) is 4.93. The van der Waals surface area contributed by atoms with Gasteiger partial charge in [-0.15, -0.1) is 11.3 Å². The van der Waals surface area contributed by atoms with Gasteiger partial charge in [-0.25, -0.2) is 4.79 Å². The summed E-state index contributed by atoms with van der Waals surface area (Å²) >= 11 is 1.25. The van der Waals surface area contributed by atoms with Crippen molar-refractivity contribution in [2.45, 2.75) is 18.0 Å². The lowest BCUT2D eigenvalue weighted by atomic mass is 10.2. The molecule has 2 aromatic rings. The van der Waals surface area contributed by atoms with Gasteiger partial charge in [0.05, 0.1) is 0 Å². The number of carboxylic acids is 1. The Kier molecular flexibility index (Phi) is 5.27. The maximum absolute atomic E-state index is 11.3. The summed E-state index contributed by atoms with van der Waals surface area (Å²) in [6.45, 7) is 1.46. The Labute approximate surface area is 130 Å². The fraction of sp³-hybridized carbons (Fsp3) is 0.267. The van der Waals surface area contributed by atoms with Crippen LogP contribution < -0.4 is 0 Å². The van der Waals surface area contributed by atoms with E-state index in [1.807, 2.05) is 36.7 Å². The molecule has 0 radical (unpaired) electrons. The monoisotopic (exact) mass is 323 g/mol. The molecule has 1 unspecified atom stereocenters. The number of hydrogen-bond acceptors (Lipinski definition) is 4. The first-order valence-electron chi connectivity index (χ1n) is 6.37. The van der Waals surface area contributed by atoms with Gasteiger partial charge in [0.15, 0.2) is 0 Å². The summed E-state index contributed by atoms with van der Waals surface area (Å²) in [5.74, 6) is -0.878. The summed E-state index contributed by atoms with van der Waals surface area (Å²) in [7, 11) is 1.04. The van der Waals surface area contributed by atoms with E-state index >= 15 is 0 Å². The molecule has 4 nitrogen and oxygen atoms in total. The molecule has 6 heteroatoms. The molecule has 0 spiro atoms. The lowest BCUT2D eigenvalue weighted by Crippen LogP contribution is -2.16. The van der Waals surface area contributed by atoms with Gasteiger partial charge in [-0.2, -0.15) is 0 Å². The molecule has 0 saturated heterocycles. The van der Waals surface area contributed by atoms with Gasteiger partial charge in [-0.1, -0.05) is 12.1 Å². The first-order valence-corrected chi connectivity index (χ1v) is 8.81. The van der Waals surface area contributed by atoms with Crippen LogP contribution in [0, 0.1) is 0 Å². The van der Waals surface area contributed by atoms with Crippen molar-refractivity contribution in [2.75, 3.05) is 13.3 Å². The van der Waals surface area contributed by atoms with E-state index in [2.05, 4.69) is 4.90 Å².